The van der Waals surface area contributed by atoms with E-state index in [-0.39, 0.29) is 32.0 Å². The fraction of sp³-hybridized carbons (Fsp3) is 0.771. The van der Waals surface area contributed by atoms with E-state index < -0.39 is 26.5 Å². The molecule has 2 unspecified atom stereocenters. The van der Waals surface area contributed by atoms with Crippen LogP contribution in [0.2, 0.25) is 0 Å². The van der Waals surface area contributed by atoms with Gasteiger partial charge in [0, 0.05) is 12.8 Å². The molecule has 9 nitrogen and oxygen atoms in total. The summed E-state index contributed by atoms with van der Waals surface area (Å²) in [6.07, 6.45) is 82.3. The Kier molecular flexibility index (Phi) is 58.6. The van der Waals surface area contributed by atoms with E-state index in [1.165, 1.54) is 180 Å². The Bertz CT molecular complexity index is 1630. The van der Waals surface area contributed by atoms with E-state index in [0.29, 0.717) is 17.4 Å². The number of hydrogen-bond donors (Lipinski definition) is 0. The third kappa shape index (κ3) is 64.4. The molecule has 0 aliphatic carbocycles. The lowest BCUT2D eigenvalue weighted by molar-refractivity contribution is -0.870. The van der Waals surface area contributed by atoms with E-state index in [1.54, 1.807) is 0 Å². The average Bonchev–Trinajstić information content (AvgIpc) is 3.42. The Hall–Kier alpha value is -2.81. The minimum Gasteiger partial charge on any atom is -0.756 e. The molecule has 80 heavy (non-hydrogen) atoms. The van der Waals surface area contributed by atoms with E-state index in [9.17, 15) is 19.0 Å². The number of rotatable bonds is 61. The SMILES string of the molecule is CC/C=C\C/C=C\C/C=C\C/C=C\C/C=C\CCCCCCCCCCCCCCCCCCCCCCCC(=O)OC(COC(=O)CCCCCCCCCCC/C=C\C/C=C\CCCCC)COP(=O)([O-])OCC[N+](C)(C)C. The van der Waals surface area contributed by atoms with E-state index in [2.05, 4.69) is 98.9 Å². The topological polar surface area (TPSA) is 111 Å². The Morgan fingerprint density at radius 2 is 0.713 bits per heavy atom. The molecule has 10 heteroatoms. The summed E-state index contributed by atoms with van der Waals surface area (Å²) in [7, 11) is 1.17. The van der Waals surface area contributed by atoms with Crippen LogP contribution in [0.5, 0.6) is 0 Å². The second kappa shape index (κ2) is 60.8. The van der Waals surface area contributed by atoms with Gasteiger partial charge in [-0.2, -0.15) is 0 Å². The Morgan fingerprint density at radius 3 is 1.06 bits per heavy atom. The summed E-state index contributed by atoms with van der Waals surface area (Å²) in [5, 5.41) is 0. The van der Waals surface area contributed by atoms with Gasteiger partial charge in [0.1, 0.15) is 19.8 Å². The third-order valence-corrected chi connectivity index (χ3v) is 15.4. The molecule has 0 aromatic heterocycles. The first-order valence-corrected chi connectivity index (χ1v) is 34.8. The summed E-state index contributed by atoms with van der Waals surface area (Å²) < 4.78 is 34.3. The highest BCUT2D eigenvalue weighted by atomic mass is 31.2. The Labute approximate surface area is 494 Å². The van der Waals surface area contributed by atoms with Crippen molar-refractivity contribution in [1.82, 2.24) is 0 Å². The maximum atomic E-state index is 12.8. The summed E-state index contributed by atoms with van der Waals surface area (Å²) in [5.41, 5.74) is 0. The van der Waals surface area contributed by atoms with Crippen LogP contribution in [0.1, 0.15) is 296 Å². The number of ether oxygens (including phenoxy) is 2. The molecule has 0 saturated heterocycles. The van der Waals surface area contributed by atoms with Gasteiger partial charge < -0.3 is 27.9 Å². The number of quaternary nitrogens is 1. The molecule has 0 amide bonds. The van der Waals surface area contributed by atoms with Crippen LogP contribution in [0.3, 0.4) is 0 Å². The summed E-state index contributed by atoms with van der Waals surface area (Å²) in [6, 6.07) is 0. The van der Waals surface area contributed by atoms with Crippen LogP contribution in [0.15, 0.2) is 85.1 Å². The quantitative estimate of drug-likeness (QED) is 0.0195. The zero-order chi connectivity index (χ0) is 58.4. The lowest BCUT2D eigenvalue weighted by Crippen LogP contribution is -2.37. The van der Waals surface area contributed by atoms with Crippen molar-refractivity contribution in [2.45, 2.75) is 302 Å². The molecular formula is C70H126NO8P. The second-order valence-corrected chi connectivity index (χ2v) is 24.9. The van der Waals surface area contributed by atoms with Crippen molar-refractivity contribution in [3.63, 3.8) is 0 Å². The monoisotopic (exact) mass is 1140 g/mol. The molecule has 0 aliphatic heterocycles. The molecule has 0 aromatic carbocycles. The maximum absolute atomic E-state index is 12.8. The first-order valence-electron chi connectivity index (χ1n) is 33.3. The first kappa shape index (κ1) is 77.2. The van der Waals surface area contributed by atoms with Gasteiger partial charge in [-0.25, -0.2) is 0 Å². The third-order valence-electron chi connectivity index (χ3n) is 14.4. The van der Waals surface area contributed by atoms with E-state index in [4.69, 9.17) is 18.5 Å². The van der Waals surface area contributed by atoms with Crippen LogP contribution in [0, 0.1) is 0 Å². The van der Waals surface area contributed by atoms with Crippen molar-refractivity contribution < 1.29 is 42.1 Å². The molecular weight excluding hydrogens is 1010 g/mol. The van der Waals surface area contributed by atoms with Crippen LogP contribution in [-0.4, -0.2) is 70.0 Å². The predicted molar refractivity (Wildman–Crippen MR) is 342 cm³/mol. The zero-order valence-corrected chi connectivity index (χ0v) is 53.7. The van der Waals surface area contributed by atoms with E-state index in [0.717, 1.165) is 83.5 Å². The highest BCUT2D eigenvalue weighted by Crippen LogP contribution is 2.38. The summed E-state index contributed by atoms with van der Waals surface area (Å²) in [4.78, 5) is 38.0. The van der Waals surface area contributed by atoms with Gasteiger partial charge in [-0.3, -0.25) is 14.2 Å². The molecule has 0 heterocycles. The summed E-state index contributed by atoms with van der Waals surface area (Å²) >= 11 is 0. The Balaban J connectivity index is 3.99. The van der Waals surface area contributed by atoms with Crippen molar-refractivity contribution in [2.75, 3.05) is 47.5 Å². The van der Waals surface area contributed by atoms with Crippen LogP contribution in [0.25, 0.3) is 0 Å². The summed E-state index contributed by atoms with van der Waals surface area (Å²) in [5.74, 6) is -0.828. The summed E-state index contributed by atoms with van der Waals surface area (Å²) in [6.45, 7) is 4.13. The predicted octanol–water partition coefficient (Wildman–Crippen LogP) is 20.7. The number of phosphoric ester groups is 1. The maximum Gasteiger partial charge on any atom is 0.306 e. The number of hydrogen-bond acceptors (Lipinski definition) is 8. The average molecular weight is 1140 g/mol. The normalized spacial score (nSPS) is 13.7. The highest BCUT2D eigenvalue weighted by Gasteiger charge is 2.22. The lowest BCUT2D eigenvalue weighted by atomic mass is 10.0. The van der Waals surface area contributed by atoms with Gasteiger partial charge in [-0.15, -0.1) is 0 Å². The number of likely N-dealkylation sites (N-methyl/N-ethyl adjacent to an activating group) is 1. The highest BCUT2D eigenvalue weighted by molar-refractivity contribution is 7.45. The second-order valence-electron chi connectivity index (χ2n) is 23.5. The molecule has 0 saturated carbocycles. The van der Waals surface area contributed by atoms with Crippen LogP contribution in [0.4, 0.5) is 0 Å². The largest absolute Gasteiger partial charge is 0.756 e. The number of esters is 2. The molecule has 0 spiro atoms. The lowest BCUT2D eigenvalue weighted by Gasteiger charge is -2.28. The minimum atomic E-state index is -4.64. The zero-order valence-electron chi connectivity index (χ0n) is 52.8. The molecule has 0 rings (SSSR count). The van der Waals surface area contributed by atoms with Crippen LogP contribution >= 0.6 is 7.82 Å². The first-order chi connectivity index (χ1) is 39.0. The van der Waals surface area contributed by atoms with E-state index >= 15 is 0 Å². The van der Waals surface area contributed by atoms with Gasteiger partial charge in [-0.1, -0.05) is 279 Å². The van der Waals surface area contributed by atoms with Gasteiger partial charge in [-0.05, 0) is 89.9 Å². The molecule has 2 atom stereocenters. The van der Waals surface area contributed by atoms with Gasteiger partial charge in [0.05, 0.1) is 27.7 Å². The van der Waals surface area contributed by atoms with Crippen molar-refractivity contribution in [2.24, 2.45) is 0 Å². The van der Waals surface area contributed by atoms with Crippen molar-refractivity contribution in [3.05, 3.63) is 85.1 Å². The number of nitrogens with zero attached hydrogens (tertiary/aromatic N) is 1. The van der Waals surface area contributed by atoms with Crippen LogP contribution in [-0.2, 0) is 32.7 Å². The van der Waals surface area contributed by atoms with E-state index in [1.807, 2.05) is 21.1 Å². The molecule has 0 bridgehead atoms. The molecule has 0 N–H and O–H groups in total. The number of carbonyl (C=O) groups excluding carboxylic acids is 2. The molecule has 0 aromatic rings. The molecule has 0 aliphatic rings. The number of unbranched alkanes of at least 4 members (excludes halogenated alkanes) is 33. The Morgan fingerprint density at radius 1 is 0.400 bits per heavy atom. The van der Waals surface area contributed by atoms with Crippen molar-refractivity contribution >= 4 is 19.8 Å². The fourth-order valence-electron chi connectivity index (χ4n) is 9.30. The van der Waals surface area contributed by atoms with Gasteiger partial charge in [0.25, 0.3) is 7.82 Å². The van der Waals surface area contributed by atoms with Gasteiger partial charge >= 0.3 is 11.9 Å². The molecule has 0 fully saturated rings. The molecule has 0 radical (unpaired) electrons. The van der Waals surface area contributed by atoms with Crippen LogP contribution < -0.4 is 4.89 Å². The number of carbonyl (C=O) groups is 2. The number of allylic oxidation sites excluding steroid dienone is 14. The van der Waals surface area contributed by atoms with Crippen molar-refractivity contribution in [1.29, 1.82) is 0 Å². The van der Waals surface area contributed by atoms with Gasteiger partial charge in [0.15, 0.2) is 6.10 Å². The smallest absolute Gasteiger partial charge is 0.306 e. The molecule has 464 valence electrons. The minimum absolute atomic E-state index is 0.0322. The number of phosphoric acid groups is 1. The van der Waals surface area contributed by atoms with Crippen molar-refractivity contribution in [3.8, 4) is 0 Å². The standard InChI is InChI=1S/C70H126NO8P/c1-6-8-10-12-14-16-18-20-22-24-26-27-28-29-30-31-32-33-34-35-36-37-38-39-40-41-42-43-45-47-49-51-53-55-57-59-61-63-70(73)79-68(67-78-80(74,75)77-65-64-71(3,4)5)66-76-69(72)62-60-58-56-54-52-50-48-46-44-25-23-21-19-17-15-13-11-9-7-2/h8,10,14-17,20-23,26-27,29-30,68H,6-7,9,11-13,18-19,24-25,28,31-67H2,1-5H3/b10-8-,16-14-,17-15-,22-20-,23-21-,27-26-,30-29-. The van der Waals surface area contributed by atoms with Gasteiger partial charge in [0.2, 0.25) is 0 Å². The fourth-order valence-corrected chi connectivity index (χ4v) is 10.0.